The van der Waals surface area contributed by atoms with Crippen LogP contribution < -0.4 is 4.74 Å². The number of hydrogen-bond donors (Lipinski definition) is 0. The van der Waals surface area contributed by atoms with Gasteiger partial charge in [-0.25, -0.2) is 4.68 Å². The summed E-state index contributed by atoms with van der Waals surface area (Å²) >= 11 is 12.3. The van der Waals surface area contributed by atoms with Crippen molar-refractivity contribution in [3.8, 4) is 11.4 Å². The number of benzene rings is 1. The Morgan fingerprint density at radius 3 is 2.74 bits per heavy atom. The molecule has 0 unspecified atom stereocenters. The molecule has 100 valence electrons. The highest BCUT2D eigenvalue weighted by Crippen LogP contribution is 2.31. The summed E-state index contributed by atoms with van der Waals surface area (Å²) in [6.45, 7) is 0. The second-order valence-corrected chi connectivity index (χ2v) is 5.51. The van der Waals surface area contributed by atoms with Gasteiger partial charge in [-0.15, -0.1) is 0 Å². The van der Waals surface area contributed by atoms with Crippen LogP contribution in [0.5, 0.6) is 5.75 Å². The first-order chi connectivity index (χ1) is 9.24. The lowest BCUT2D eigenvalue weighted by atomic mass is 10.3. The largest absolute Gasteiger partial charge is 0.485 e. The van der Waals surface area contributed by atoms with E-state index < -0.39 is 0 Å². The molecule has 0 N–H and O–H groups in total. The Hall–Kier alpha value is -1.19. The lowest BCUT2D eigenvalue weighted by Crippen LogP contribution is -2.10. The van der Waals surface area contributed by atoms with Gasteiger partial charge in [0.2, 0.25) is 0 Å². The smallest absolute Gasteiger partial charge is 0.177 e. The molecule has 1 aliphatic rings. The summed E-state index contributed by atoms with van der Waals surface area (Å²) < 4.78 is 7.53. The molecule has 1 aromatic carbocycles. The topological polar surface area (TPSA) is 27.1 Å². The third-order valence-electron chi connectivity index (χ3n) is 3.33. The molecule has 1 saturated carbocycles. The second kappa shape index (κ2) is 5.43. The highest BCUT2D eigenvalue weighted by Gasteiger charge is 2.20. The molecular weight excluding hydrogens is 283 g/mol. The molecule has 1 heterocycles. The minimum atomic E-state index is 0.273. The van der Waals surface area contributed by atoms with Gasteiger partial charge in [-0.3, -0.25) is 0 Å². The van der Waals surface area contributed by atoms with Crippen LogP contribution in [0.2, 0.25) is 10.2 Å². The molecule has 0 radical (unpaired) electrons. The van der Waals surface area contributed by atoms with Crippen LogP contribution in [-0.2, 0) is 0 Å². The van der Waals surface area contributed by atoms with E-state index in [9.17, 15) is 0 Å². The van der Waals surface area contributed by atoms with Crippen LogP contribution in [0.25, 0.3) is 5.69 Å². The number of rotatable bonds is 3. The lowest BCUT2D eigenvalue weighted by Gasteiger charge is -2.11. The third kappa shape index (κ3) is 2.72. The van der Waals surface area contributed by atoms with Crippen molar-refractivity contribution in [1.29, 1.82) is 0 Å². The molecule has 1 fully saturated rings. The van der Waals surface area contributed by atoms with Crippen molar-refractivity contribution in [2.45, 2.75) is 31.8 Å². The molecule has 3 rings (SSSR count). The fourth-order valence-electron chi connectivity index (χ4n) is 2.37. The molecule has 0 bridgehead atoms. The van der Waals surface area contributed by atoms with Crippen molar-refractivity contribution >= 4 is 23.2 Å². The molecule has 0 spiro atoms. The van der Waals surface area contributed by atoms with Crippen molar-refractivity contribution in [1.82, 2.24) is 9.78 Å². The SMILES string of the molecule is Clc1cccc(-n2ncc(OC3CCCC3)c2Cl)c1. The molecule has 1 aliphatic carbocycles. The molecule has 5 heteroatoms. The number of ether oxygens (including phenoxy) is 1. The van der Waals surface area contributed by atoms with Crippen LogP contribution in [0.15, 0.2) is 30.5 Å². The molecule has 0 amide bonds. The van der Waals surface area contributed by atoms with Gasteiger partial charge in [-0.1, -0.05) is 29.3 Å². The van der Waals surface area contributed by atoms with Crippen molar-refractivity contribution in [2.75, 3.05) is 0 Å². The van der Waals surface area contributed by atoms with Crippen molar-refractivity contribution < 1.29 is 4.74 Å². The van der Waals surface area contributed by atoms with Crippen molar-refractivity contribution in [2.24, 2.45) is 0 Å². The first-order valence-electron chi connectivity index (χ1n) is 6.40. The summed E-state index contributed by atoms with van der Waals surface area (Å²) in [5.74, 6) is 0.647. The van der Waals surface area contributed by atoms with Gasteiger partial charge in [-0.05, 0) is 43.9 Å². The highest BCUT2D eigenvalue weighted by molar-refractivity contribution is 6.31. The van der Waals surface area contributed by atoms with E-state index in [2.05, 4.69) is 5.10 Å². The summed E-state index contributed by atoms with van der Waals surface area (Å²) in [7, 11) is 0. The Morgan fingerprint density at radius 2 is 2.00 bits per heavy atom. The minimum Gasteiger partial charge on any atom is -0.485 e. The maximum absolute atomic E-state index is 6.32. The van der Waals surface area contributed by atoms with Gasteiger partial charge in [-0.2, -0.15) is 5.10 Å². The number of hydrogen-bond acceptors (Lipinski definition) is 2. The van der Waals surface area contributed by atoms with Gasteiger partial charge in [0.25, 0.3) is 0 Å². The standard InChI is InChI=1S/C14H14Cl2N2O/c15-10-4-3-5-11(8-10)18-14(16)13(9-17-18)19-12-6-1-2-7-12/h3-5,8-9,12H,1-2,6-7H2. The summed E-state index contributed by atoms with van der Waals surface area (Å²) in [5, 5.41) is 5.42. The summed E-state index contributed by atoms with van der Waals surface area (Å²) in [6.07, 6.45) is 6.59. The maximum Gasteiger partial charge on any atom is 0.177 e. The van der Waals surface area contributed by atoms with E-state index in [0.29, 0.717) is 15.9 Å². The summed E-state index contributed by atoms with van der Waals surface area (Å²) in [4.78, 5) is 0. The van der Waals surface area contributed by atoms with E-state index in [1.54, 1.807) is 10.9 Å². The number of nitrogens with zero attached hydrogens (tertiary/aromatic N) is 2. The predicted molar refractivity (Wildman–Crippen MR) is 76.5 cm³/mol. The van der Waals surface area contributed by atoms with Crippen LogP contribution in [0.1, 0.15) is 25.7 Å². The lowest BCUT2D eigenvalue weighted by molar-refractivity contribution is 0.210. The van der Waals surface area contributed by atoms with Gasteiger partial charge in [0.15, 0.2) is 10.9 Å². The Kier molecular flexibility index (Phi) is 3.67. The van der Waals surface area contributed by atoms with Gasteiger partial charge in [0.1, 0.15) is 0 Å². The Morgan fingerprint density at radius 1 is 1.21 bits per heavy atom. The molecule has 0 saturated heterocycles. The molecule has 19 heavy (non-hydrogen) atoms. The van der Waals surface area contributed by atoms with Crippen LogP contribution >= 0.6 is 23.2 Å². The van der Waals surface area contributed by atoms with Crippen LogP contribution in [0, 0.1) is 0 Å². The molecule has 0 aliphatic heterocycles. The summed E-state index contributed by atoms with van der Waals surface area (Å²) in [5.41, 5.74) is 0.832. The zero-order chi connectivity index (χ0) is 13.2. The molecule has 3 nitrogen and oxygen atoms in total. The fraction of sp³-hybridized carbons (Fsp3) is 0.357. The van der Waals surface area contributed by atoms with E-state index in [1.165, 1.54) is 12.8 Å². The number of aromatic nitrogens is 2. The quantitative estimate of drug-likeness (QED) is 0.834. The van der Waals surface area contributed by atoms with Crippen LogP contribution in [0.3, 0.4) is 0 Å². The molecule has 0 atom stereocenters. The minimum absolute atomic E-state index is 0.273. The van der Waals surface area contributed by atoms with Gasteiger partial charge in [0.05, 0.1) is 18.0 Å². The van der Waals surface area contributed by atoms with E-state index in [0.717, 1.165) is 18.5 Å². The predicted octanol–water partition coefficient (Wildman–Crippen LogP) is 4.50. The van der Waals surface area contributed by atoms with Gasteiger partial charge >= 0.3 is 0 Å². The van der Waals surface area contributed by atoms with Crippen molar-refractivity contribution in [3.63, 3.8) is 0 Å². The Bertz CT molecular complexity index is 577. The first kappa shape index (κ1) is 12.8. The molecule has 2 aromatic rings. The number of halogens is 2. The fourth-order valence-corrected chi connectivity index (χ4v) is 2.79. The van der Waals surface area contributed by atoms with Crippen LogP contribution in [-0.4, -0.2) is 15.9 Å². The second-order valence-electron chi connectivity index (χ2n) is 4.72. The van der Waals surface area contributed by atoms with E-state index in [1.807, 2.05) is 24.3 Å². The highest BCUT2D eigenvalue weighted by atomic mass is 35.5. The maximum atomic E-state index is 6.32. The van der Waals surface area contributed by atoms with Crippen molar-refractivity contribution in [3.05, 3.63) is 40.6 Å². The van der Waals surface area contributed by atoms with E-state index >= 15 is 0 Å². The molecule has 1 aromatic heterocycles. The average Bonchev–Trinajstić information content (AvgIpc) is 3.01. The van der Waals surface area contributed by atoms with Gasteiger partial charge in [0, 0.05) is 5.02 Å². The monoisotopic (exact) mass is 296 g/mol. The Labute approximate surface area is 122 Å². The van der Waals surface area contributed by atoms with E-state index in [-0.39, 0.29) is 6.10 Å². The Balaban J connectivity index is 1.85. The summed E-state index contributed by atoms with van der Waals surface area (Å²) in [6, 6.07) is 7.41. The normalized spacial score (nSPS) is 15.9. The zero-order valence-corrected chi connectivity index (χ0v) is 11.9. The third-order valence-corrected chi connectivity index (χ3v) is 3.91. The van der Waals surface area contributed by atoms with Crippen LogP contribution in [0.4, 0.5) is 0 Å². The van der Waals surface area contributed by atoms with Gasteiger partial charge < -0.3 is 4.74 Å². The van der Waals surface area contributed by atoms with E-state index in [4.69, 9.17) is 27.9 Å². The zero-order valence-electron chi connectivity index (χ0n) is 10.4. The molecular formula is C14H14Cl2N2O. The average molecular weight is 297 g/mol. The first-order valence-corrected chi connectivity index (χ1v) is 7.16.